The highest BCUT2D eigenvalue weighted by molar-refractivity contribution is 7.09. The van der Waals surface area contributed by atoms with E-state index < -0.39 is 0 Å². The van der Waals surface area contributed by atoms with E-state index in [2.05, 4.69) is 15.6 Å². The smallest absolute Gasteiger partial charge is 0.240 e. The Kier molecular flexibility index (Phi) is 5.45. The summed E-state index contributed by atoms with van der Waals surface area (Å²) in [4.78, 5) is 29.2. The van der Waals surface area contributed by atoms with E-state index in [-0.39, 0.29) is 18.4 Å². The third-order valence-corrected chi connectivity index (χ3v) is 4.67. The predicted octanol–water partition coefficient (Wildman–Crippen LogP) is 2.09. The van der Waals surface area contributed by atoms with Crippen molar-refractivity contribution < 1.29 is 9.59 Å². The average molecular weight is 356 g/mol. The number of fused-ring (bicyclic) bond motifs is 1. The Bertz CT molecular complexity index is 870. The van der Waals surface area contributed by atoms with E-state index in [0.29, 0.717) is 19.5 Å². The van der Waals surface area contributed by atoms with Crippen molar-refractivity contribution in [1.29, 1.82) is 0 Å². The second kappa shape index (κ2) is 7.94. The number of carbonyl (C=O) groups is 2. The van der Waals surface area contributed by atoms with Crippen molar-refractivity contribution in [2.45, 2.75) is 26.4 Å². The number of imidazole rings is 1. The Hall–Kier alpha value is -2.67. The molecule has 7 heteroatoms. The molecule has 0 atom stereocenters. The molecule has 2 N–H and O–H groups in total. The number of thiophene rings is 1. The Balaban J connectivity index is 1.73. The minimum absolute atomic E-state index is 0.0580. The fourth-order valence-electron chi connectivity index (χ4n) is 2.64. The van der Waals surface area contributed by atoms with Crippen molar-refractivity contribution in [2.75, 3.05) is 6.54 Å². The van der Waals surface area contributed by atoms with Gasteiger partial charge in [0.2, 0.25) is 11.8 Å². The van der Waals surface area contributed by atoms with Crippen LogP contribution in [-0.2, 0) is 29.1 Å². The minimum Gasteiger partial charge on any atom is -0.356 e. The normalized spacial score (nSPS) is 10.8. The highest BCUT2D eigenvalue weighted by atomic mass is 32.1. The first-order chi connectivity index (χ1) is 12.1. The van der Waals surface area contributed by atoms with Crippen molar-refractivity contribution >= 4 is 34.2 Å². The van der Waals surface area contributed by atoms with Crippen molar-refractivity contribution in [3.05, 3.63) is 52.5 Å². The van der Waals surface area contributed by atoms with Crippen molar-refractivity contribution in [1.82, 2.24) is 20.2 Å². The molecule has 6 nitrogen and oxygen atoms in total. The van der Waals surface area contributed by atoms with Crippen LogP contribution >= 0.6 is 11.3 Å². The molecule has 0 bridgehead atoms. The van der Waals surface area contributed by atoms with Gasteiger partial charge in [-0.05, 0) is 23.6 Å². The van der Waals surface area contributed by atoms with Crippen molar-refractivity contribution in [2.24, 2.45) is 0 Å². The van der Waals surface area contributed by atoms with Gasteiger partial charge >= 0.3 is 0 Å². The Morgan fingerprint density at radius 1 is 1.16 bits per heavy atom. The van der Waals surface area contributed by atoms with E-state index in [1.165, 1.54) is 6.92 Å². The first-order valence-corrected chi connectivity index (χ1v) is 8.99. The maximum absolute atomic E-state index is 12.4. The van der Waals surface area contributed by atoms with Gasteiger partial charge in [0.15, 0.2) is 0 Å². The molecule has 0 radical (unpaired) electrons. The highest BCUT2D eigenvalue weighted by Gasteiger charge is 2.13. The SMILES string of the molecule is CC(=O)NCCc1nc2ccccc2n1CC(=O)NCc1cccs1. The maximum Gasteiger partial charge on any atom is 0.240 e. The number of hydrogen-bond donors (Lipinski definition) is 2. The number of benzene rings is 1. The largest absolute Gasteiger partial charge is 0.356 e. The molecule has 0 fully saturated rings. The lowest BCUT2D eigenvalue weighted by atomic mass is 10.3. The molecule has 3 aromatic rings. The third kappa shape index (κ3) is 4.45. The molecule has 2 aromatic heterocycles. The number of hydrogen-bond acceptors (Lipinski definition) is 4. The first-order valence-electron chi connectivity index (χ1n) is 8.11. The zero-order valence-corrected chi connectivity index (χ0v) is 14.8. The van der Waals surface area contributed by atoms with Gasteiger partial charge in [-0.15, -0.1) is 11.3 Å². The van der Waals surface area contributed by atoms with Gasteiger partial charge in [0, 0.05) is 24.8 Å². The second-order valence-electron chi connectivity index (χ2n) is 5.69. The maximum atomic E-state index is 12.4. The van der Waals surface area contributed by atoms with Crippen molar-refractivity contribution in [3.8, 4) is 0 Å². The topological polar surface area (TPSA) is 76.0 Å². The van der Waals surface area contributed by atoms with Gasteiger partial charge in [0.05, 0.1) is 17.6 Å². The zero-order valence-electron chi connectivity index (χ0n) is 14.0. The Morgan fingerprint density at radius 2 is 2.00 bits per heavy atom. The molecular weight excluding hydrogens is 336 g/mol. The Labute approximate surface area is 149 Å². The summed E-state index contributed by atoms with van der Waals surface area (Å²) >= 11 is 1.62. The molecule has 0 saturated heterocycles. The van der Waals surface area contributed by atoms with Crippen LogP contribution in [0.1, 0.15) is 17.6 Å². The van der Waals surface area contributed by atoms with E-state index in [0.717, 1.165) is 21.7 Å². The molecule has 2 amide bonds. The summed E-state index contributed by atoms with van der Waals surface area (Å²) in [5.74, 6) is 0.662. The highest BCUT2D eigenvalue weighted by Crippen LogP contribution is 2.16. The lowest BCUT2D eigenvalue weighted by molar-refractivity contribution is -0.122. The van der Waals surface area contributed by atoms with Gasteiger partial charge in [-0.3, -0.25) is 9.59 Å². The molecule has 130 valence electrons. The fourth-order valence-corrected chi connectivity index (χ4v) is 3.29. The number of nitrogens with zero attached hydrogens (tertiary/aromatic N) is 2. The van der Waals surface area contributed by atoms with Crippen LogP contribution in [0.5, 0.6) is 0 Å². The van der Waals surface area contributed by atoms with Crippen LogP contribution in [0.2, 0.25) is 0 Å². The summed E-state index contributed by atoms with van der Waals surface area (Å²) in [6, 6.07) is 11.7. The lowest BCUT2D eigenvalue weighted by Gasteiger charge is -2.10. The standard InChI is InChI=1S/C18H20N4O2S/c1-13(23)19-9-8-17-21-15-6-2-3-7-16(15)22(17)12-18(24)20-11-14-5-4-10-25-14/h2-7,10H,8-9,11-12H2,1H3,(H,19,23)(H,20,24). The molecular formula is C18H20N4O2S. The molecule has 1 aromatic carbocycles. The number of aromatic nitrogens is 2. The van der Waals surface area contributed by atoms with Crippen LogP contribution in [0.15, 0.2) is 41.8 Å². The monoisotopic (exact) mass is 356 g/mol. The van der Waals surface area contributed by atoms with Crippen LogP contribution in [0.4, 0.5) is 0 Å². The average Bonchev–Trinajstić information content (AvgIpc) is 3.21. The summed E-state index contributed by atoms with van der Waals surface area (Å²) < 4.78 is 1.92. The van der Waals surface area contributed by atoms with Gasteiger partial charge in [0.25, 0.3) is 0 Å². The van der Waals surface area contributed by atoms with Crippen LogP contribution in [-0.4, -0.2) is 27.9 Å². The van der Waals surface area contributed by atoms with Gasteiger partial charge in [-0.2, -0.15) is 0 Å². The molecule has 0 saturated carbocycles. The van der Waals surface area contributed by atoms with Crippen LogP contribution in [0, 0.1) is 0 Å². The second-order valence-corrected chi connectivity index (χ2v) is 6.72. The molecule has 2 heterocycles. The van der Waals surface area contributed by atoms with Gasteiger partial charge < -0.3 is 15.2 Å². The summed E-state index contributed by atoms with van der Waals surface area (Å²) in [6.07, 6.45) is 0.576. The molecule has 3 rings (SSSR count). The van der Waals surface area contributed by atoms with Gasteiger partial charge in [-0.25, -0.2) is 4.98 Å². The third-order valence-electron chi connectivity index (χ3n) is 3.80. The number of amides is 2. The van der Waals surface area contributed by atoms with Crippen LogP contribution in [0.3, 0.4) is 0 Å². The zero-order chi connectivity index (χ0) is 17.6. The number of rotatable bonds is 7. The summed E-state index contributed by atoms with van der Waals surface area (Å²) in [6.45, 7) is 2.72. The molecule has 0 aliphatic carbocycles. The van der Waals surface area contributed by atoms with Gasteiger partial charge in [0.1, 0.15) is 12.4 Å². The van der Waals surface area contributed by atoms with E-state index in [1.54, 1.807) is 11.3 Å². The minimum atomic E-state index is -0.0728. The van der Waals surface area contributed by atoms with E-state index in [1.807, 2.05) is 46.3 Å². The van der Waals surface area contributed by atoms with Crippen LogP contribution < -0.4 is 10.6 Å². The quantitative estimate of drug-likeness (QED) is 0.681. The predicted molar refractivity (Wildman–Crippen MR) is 98.3 cm³/mol. The van der Waals surface area contributed by atoms with E-state index in [9.17, 15) is 9.59 Å². The van der Waals surface area contributed by atoms with Gasteiger partial charge in [-0.1, -0.05) is 18.2 Å². The number of carbonyl (C=O) groups excluding carboxylic acids is 2. The summed E-state index contributed by atoms with van der Waals surface area (Å²) in [7, 11) is 0. The molecule has 0 aliphatic rings. The van der Waals surface area contributed by atoms with E-state index in [4.69, 9.17) is 0 Å². The van der Waals surface area contributed by atoms with Crippen LogP contribution in [0.25, 0.3) is 11.0 Å². The fraction of sp³-hybridized carbons (Fsp3) is 0.278. The molecule has 25 heavy (non-hydrogen) atoms. The summed E-state index contributed by atoms with van der Waals surface area (Å²) in [5, 5.41) is 7.70. The van der Waals surface area contributed by atoms with E-state index >= 15 is 0 Å². The molecule has 0 spiro atoms. The lowest BCUT2D eigenvalue weighted by Crippen LogP contribution is -2.28. The Morgan fingerprint density at radius 3 is 2.76 bits per heavy atom. The summed E-state index contributed by atoms with van der Waals surface area (Å²) in [5.41, 5.74) is 1.78. The number of nitrogens with one attached hydrogen (secondary N) is 2. The molecule has 0 unspecified atom stereocenters. The van der Waals surface area contributed by atoms with Crippen molar-refractivity contribution in [3.63, 3.8) is 0 Å². The number of para-hydroxylation sites is 2. The molecule has 0 aliphatic heterocycles. The first kappa shape index (κ1) is 17.2.